The van der Waals surface area contributed by atoms with Crippen LogP contribution in [0.2, 0.25) is 0 Å². The smallest absolute Gasteiger partial charge is 0.257 e. The lowest BCUT2D eigenvalue weighted by molar-refractivity contribution is 0.577. The molecule has 0 bridgehead atoms. The molecular weight excluding hydrogens is 250 g/mol. The molecule has 0 fully saturated rings. The van der Waals surface area contributed by atoms with Crippen LogP contribution in [0.15, 0.2) is 41.6 Å². The van der Waals surface area contributed by atoms with E-state index in [9.17, 15) is 8.42 Å². The van der Waals surface area contributed by atoms with E-state index < -0.39 is 10.0 Å². The van der Waals surface area contributed by atoms with Crippen molar-refractivity contribution in [3.63, 3.8) is 0 Å². The van der Waals surface area contributed by atoms with Gasteiger partial charge >= 0.3 is 0 Å². The summed E-state index contributed by atoms with van der Waals surface area (Å²) in [7, 11) is -3.50. The molecule has 0 radical (unpaired) electrons. The molecule has 0 atom stereocenters. The summed E-state index contributed by atoms with van der Waals surface area (Å²) in [6, 6.07) is 9.27. The molecule has 0 aliphatic heterocycles. The van der Waals surface area contributed by atoms with Gasteiger partial charge in [-0.2, -0.15) is 5.10 Å². The number of sulfonamides is 1. The molecule has 0 aliphatic rings. The minimum atomic E-state index is -3.50. The van der Waals surface area contributed by atoms with Crippen molar-refractivity contribution >= 4 is 10.0 Å². The Kier molecular flexibility index (Phi) is 3.78. The first kappa shape index (κ1) is 12.8. The van der Waals surface area contributed by atoms with E-state index >= 15 is 0 Å². The van der Waals surface area contributed by atoms with Crippen LogP contribution < -0.4 is 4.72 Å². The number of aromatic amines is 1. The molecule has 0 aliphatic carbocycles. The predicted octanol–water partition coefficient (Wildman–Crippen LogP) is 1.45. The van der Waals surface area contributed by atoms with E-state index in [4.69, 9.17) is 0 Å². The maximum Gasteiger partial charge on any atom is 0.257 e. The molecule has 0 amide bonds. The fourth-order valence-corrected chi connectivity index (χ4v) is 2.47. The highest BCUT2D eigenvalue weighted by atomic mass is 32.2. The van der Waals surface area contributed by atoms with Gasteiger partial charge in [0.15, 0.2) is 5.03 Å². The highest BCUT2D eigenvalue weighted by Crippen LogP contribution is 2.07. The summed E-state index contributed by atoms with van der Waals surface area (Å²) in [6.07, 6.45) is 2.38. The summed E-state index contributed by atoms with van der Waals surface area (Å²) in [6.45, 7) is 2.35. The molecule has 6 heteroatoms. The molecule has 1 heterocycles. The lowest BCUT2D eigenvalue weighted by Gasteiger charge is -2.05. The van der Waals surface area contributed by atoms with Crippen LogP contribution in [0.4, 0.5) is 0 Å². The van der Waals surface area contributed by atoms with Crippen LogP contribution in [-0.4, -0.2) is 18.6 Å². The van der Waals surface area contributed by atoms with E-state index in [1.54, 1.807) is 0 Å². The maximum atomic E-state index is 11.8. The lowest BCUT2D eigenvalue weighted by atomic mass is 10.1. The van der Waals surface area contributed by atoms with Gasteiger partial charge in [0, 0.05) is 6.54 Å². The van der Waals surface area contributed by atoms with Crippen molar-refractivity contribution in [2.45, 2.75) is 24.9 Å². The molecule has 18 heavy (non-hydrogen) atoms. The first-order chi connectivity index (χ1) is 8.62. The van der Waals surface area contributed by atoms with Crippen molar-refractivity contribution in [1.82, 2.24) is 14.9 Å². The third-order valence-electron chi connectivity index (χ3n) is 2.66. The number of benzene rings is 1. The maximum absolute atomic E-state index is 11.8. The second-order valence-electron chi connectivity index (χ2n) is 3.92. The Morgan fingerprint density at radius 3 is 2.39 bits per heavy atom. The van der Waals surface area contributed by atoms with Crippen LogP contribution in [-0.2, 0) is 23.0 Å². The zero-order valence-electron chi connectivity index (χ0n) is 10.1. The van der Waals surface area contributed by atoms with Crippen LogP contribution in [0, 0.1) is 0 Å². The predicted molar refractivity (Wildman–Crippen MR) is 68.4 cm³/mol. The molecule has 0 spiro atoms. The Labute approximate surface area is 106 Å². The SMILES string of the molecule is CCc1ccc(CNS(=O)(=O)c2ccn[nH]2)cc1. The van der Waals surface area contributed by atoms with Crippen molar-refractivity contribution in [3.8, 4) is 0 Å². The zero-order valence-corrected chi connectivity index (χ0v) is 10.9. The van der Waals surface area contributed by atoms with Crippen molar-refractivity contribution in [2.24, 2.45) is 0 Å². The number of nitrogens with one attached hydrogen (secondary N) is 2. The summed E-state index contributed by atoms with van der Waals surface area (Å²) in [5.41, 5.74) is 2.16. The average molecular weight is 265 g/mol. The Hall–Kier alpha value is -1.66. The van der Waals surface area contributed by atoms with Crippen LogP contribution in [0.3, 0.4) is 0 Å². The Bertz CT molecular complexity index is 589. The number of hydrogen-bond acceptors (Lipinski definition) is 3. The van der Waals surface area contributed by atoms with Gasteiger partial charge < -0.3 is 0 Å². The van der Waals surface area contributed by atoms with Gasteiger partial charge in [0.05, 0.1) is 6.20 Å². The van der Waals surface area contributed by atoms with E-state index in [1.165, 1.54) is 17.8 Å². The Morgan fingerprint density at radius 2 is 1.83 bits per heavy atom. The summed E-state index contributed by atoms with van der Waals surface area (Å²) in [5, 5.41) is 6.13. The van der Waals surface area contributed by atoms with E-state index in [-0.39, 0.29) is 11.6 Å². The van der Waals surface area contributed by atoms with Gasteiger partial charge in [-0.1, -0.05) is 31.2 Å². The van der Waals surface area contributed by atoms with Crippen LogP contribution in [0.1, 0.15) is 18.1 Å². The monoisotopic (exact) mass is 265 g/mol. The second kappa shape index (κ2) is 5.32. The van der Waals surface area contributed by atoms with Gasteiger partial charge in [0.2, 0.25) is 0 Å². The number of rotatable bonds is 5. The summed E-state index contributed by atoms with van der Waals surface area (Å²) < 4.78 is 26.1. The van der Waals surface area contributed by atoms with Gasteiger partial charge in [0.25, 0.3) is 10.0 Å². The second-order valence-corrected chi connectivity index (χ2v) is 5.65. The molecule has 2 rings (SSSR count). The molecule has 5 nitrogen and oxygen atoms in total. The molecular formula is C12H15N3O2S. The van der Waals surface area contributed by atoms with Crippen molar-refractivity contribution in [1.29, 1.82) is 0 Å². The first-order valence-electron chi connectivity index (χ1n) is 5.68. The van der Waals surface area contributed by atoms with E-state index in [2.05, 4.69) is 21.8 Å². The quantitative estimate of drug-likeness (QED) is 0.859. The van der Waals surface area contributed by atoms with Gasteiger partial charge in [-0.3, -0.25) is 5.10 Å². The zero-order chi connectivity index (χ0) is 13.0. The first-order valence-corrected chi connectivity index (χ1v) is 7.17. The van der Waals surface area contributed by atoms with E-state index in [0.717, 1.165) is 12.0 Å². The average Bonchev–Trinajstić information content (AvgIpc) is 2.92. The number of nitrogens with zero attached hydrogens (tertiary/aromatic N) is 1. The van der Waals surface area contributed by atoms with Crippen LogP contribution in [0.25, 0.3) is 0 Å². The normalized spacial score (nSPS) is 11.6. The van der Waals surface area contributed by atoms with Gasteiger partial charge in [-0.15, -0.1) is 0 Å². The van der Waals surface area contributed by atoms with Gasteiger partial charge in [-0.25, -0.2) is 13.1 Å². The summed E-state index contributed by atoms with van der Waals surface area (Å²) in [5.74, 6) is 0. The Balaban J connectivity index is 2.03. The lowest BCUT2D eigenvalue weighted by Crippen LogP contribution is -2.23. The molecule has 2 N–H and O–H groups in total. The van der Waals surface area contributed by atoms with Gasteiger partial charge in [-0.05, 0) is 23.6 Å². The van der Waals surface area contributed by atoms with Crippen molar-refractivity contribution < 1.29 is 8.42 Å². The molecule has 96 valence electrons. The molecule has 0 saturated heterocycles. The largest absolute Gasteiger partial charge is 0.266 e. The number of aryl methyl sites for hydroxylation is 1. The summed E-state index contributed by atoms with van der Waals surface area (Å²) >= 11 is 0. The van der Waals surface area contributed by atoms with Crippen LogP contribution >= 0.6 is 0 Å². The molecule has 0 unspecified atom stereocenters. The highest BCUT2D eigenvalue weighted by Gasteiger charge is 2.14. The molecule has 1 aromatic carbocycles. The van der Waals surface area contributed by atoms with Crippen molar-refractivity contribution in [2.75, 3.05) is 0 Å². The number of hydrogen-bond donors (Lipinski definition) is 2. The minimum absolute atomic E-state index is 0.0766. The van der Waals surface area contributed by atoms with E-state index in [0.29, 0.717) is 0 Å². The number of H-pyrrole nitrogens is 1. The standard InChI is InChI=1S/C12H15N3O2S/c1-2-10-3-5-11(6-4-10)9-14-18(16,17)12-7-8-13-15-12/h3-8,14H,2,9H2,1H3,(H,13,15). The van der Waals surface area contributed by atoms with Crippen LogP contribution in [0.5, 0.6) is 0 Å². The molecule has 1 aromatic heterocycles. The minimum Gasteiger partial charge on any atom is -0.266 e. The van der Waals surface area contributed by atoms with Crippen molar-refractivity contribution in [3.05, 3.63) is 47.7 Å². The highest BCUT2D eigenvalue weighted by molar-refractivity contribution is 7.89. The molecule has 2 aromatic rings. The van der Waals surface area contributed by atoms with Gasteiger partial charge in [0.1, 0.15) is 0 Å². The topological polar surface area (TPSA) is 74.8 Å². The third kappa shape index (κ3) is 2.96. The fraction of sp³-hybridized carbons (Fsp3) is 0.250. The Morgan fingerprint density at radius 1 is 1.17 bits per heavy atom. The van der Waals surface area contributed by atoms with E-state index in [1.807, 2.05) is 24.3 Å². The third-order valence-corrected chi connectivity index (χ3v) is 3.99. The summed E-state index contributed by atoms with van der Waals surface area (Å²) in [4.78, 5) is 0. The molecule has 0 saturated carbocycles. The number of aromatic nitrogens is 2. The fourth-order valence-electron chi connectivity index (χ4n) is 1.54.